The average Bonchev–Trinajstić information content (AvgIpc) is 3.74. The highest BCUT2D eigenvalue weighted by Gasteiger charge is 2.32. The molecule has 5 rings (SSSR count). The smallest absolute Gasteiger partial charge is 0.287 e. The first-order chi connectivity index (χ1) is 19.0. The predicted molar refractivity (Wildman–Crippen MR) is 139 cm³/mol. The number of aryl methyl sites for hydroxylation is 1. The number of hydrogen-bond acceptors (Lipinski definition) is 7. The lowest BCUT2D eigenvalue weighted by Crippen LogP contribution is -2.46. The third-order valence-corrected chi connectivity index (χ3v) is 6.23. The first-order valence-electron chi connectivity index (χ1n) is 12.3. The summed E-state index contributed by atoms with van der Waals surface area (Å²) in [5.41, 5.74) is 2.35. The second-order valence-electron chi connectivity index (χ2n) is 8.98. The van der Waals surface area contributed by atoms with Gasteiger partial charge >= 0.3 is 0 Å². The quantitative estimate of drug-likeness (QED) is 0.321. The number of furan rings is 2. The van der Waals surface area contributed by atoms with E-state index >= 15 is 0 Å². The van der Waals surface area contributed by atoms with Crippen molar-refractivity contribution in [1.82, 2.24) is 15.5 Å². The van der Waals surface area contributed by atoms with E-state index in [2.05, 4.69) is 10.6 Å². The molecule has 2 aromatic carbocycles. The van der Waals surface area contributed by atoms with Crippen molar-refractivity contribution in [1.29, 1.82) is 0 Å². The average molecular weight is 530 g/mol. The Balaban J connectivity index is 1.45. The predicted octanol–water partition coefficient (Wildman–Crippen LogP) is 3.73. The molecule has 10 nitrogen and oxygen atoms in total. The number of ether oxygens (including phenoxy) is 2. The molecule has 1 aliphatic heterocycles. The van der Waals surface area contributed by atoms with Gasteiger partial charge in [0.1, 0.15) is 11.8 Å². The highest BCUT2D eigenvalue weighted by Crippen LogP contribution is 2.34. The molecule has 0 spiro atoms. The van der Waals surface area contributed by atoms with Crippen LogP contribution in [0, 0.1) is 6.92 Å². The summed E-state index contributed by atoms with van der Waals surface area (Å²) in [6, 6.07) is 18.3. The van der Waals surface area contributed by atoms with Gasteiger partial charge in [0.15, 0.2) is 17.3 Å². The Morgan fingerprint density at radius 2 is 1.67 bits per heavy atom. The maximum Gasteiger partial charge on any atom is 0.287 e. The third-order valence-electron chi connectivity index (χ3n) is 6.23. The molecule has 1 atom stereocenters. The van der Waals surface area contributed by atoms with Crippen LogP contribution in [0.15, 0.2) is 88.1 Å². The standard InChI is InChI=1S/C29H27N3O7/c1-19-6-9-21(10-7-19)27(29(35)30-15-22-4-2-12-36-22)32(17-20-8-11-23-25(14-20)39-18-38-23)26(33)16-31-28(34)24-5-3-13-37-24/h2-14,27H,15-18H2,1H3,(H,30,35)(H,31,34)/t27-/m1/s1. The fourth-order valence-corrected chi connectivity index (χ4v) is 4.22. The molecule has 3 amide bonds. The minimum atomic E-state index is -1.00. The van der Waals surface area contributed by atoms with Gasteiger partial charge in [-0.25, -0.2) is 0 Å². The first-order valence-corrected chi connectivity index (χ1v) is 12.3. The molecule has 0 saturated heterocycles. The van der Waals surface area contributed by atoms with Crippen LogP contribution < -0.4 is 20.1 Å². The molecule has 39 heavy (non-hydrogen) atoms. The van der Waals surface area contributed by atoms with Gasteiger partial charge in [-0.05, 0) is 54.4 Å². The van der Waals surface area contributed by atoms with Crippen molar-refractivity contribution in [2.45, 2.75) is 26.1 Å². The molecular weight excluding hydrogens is 502 g/mol. The number of hydrogen-bond donors (Lipinski definition) is 2. The number of carbonyl (C=O) groups excluding carboxylic acids is 3. The zero-order valence-electron chi connectivity index (χ0n) is 21.2. The number of nitrogens with zero attached hydrogens (tertiary/aromatic N) is 1. The van der Waals surface area contributed by atoms with Gasteiger partial charge < -0.3 is 33.8 Å². The summed E-state index contributed by atoms with van der Waals surface area (Å²) in [5.74, 6) is 0.411. The highest BCUT2D eigenvalue weighted by atomic mass is 16.7. The molecule has 1 aliphatic rings. The van der Waals surface area contributed by atoms with Crippen LogP contribution in [0.25, 0.3) is 0 Å². The maximum absolute atomic E-state index is 13.7. The van der Waals surface area contributed by atoms with Crippen molar-refractivity contribution >= 4 is 17.7 Å². The largest absolute Gasteiger partial charge is 0.467 e. The minimum absolute atomic E-state index is 0.0683. The summed E-state index contributed by atoms with van der Waals surface area (Å²) in [7, 11) is 0. The van der Waals surface area contributed by atoms with Crippen LogP contribution in [0.5, 0.6) is 11.5 Å². The van der Waals surface area contributed by atoms with Crippen LogP contribution in [0.4, 0.5) is 0 Å². The third kappa shape index (κ3) is 6.12. The van der Waals surface area contributed by atoms with Gasteiger partial charge in [-0.15, -0.1) is 0 Å². The van der Waals surface area contributed by atoms with E-state index < -0.39 is 23.8 Å². The van der Waals surface area contributed by atoms with Crippen LogP contribution in [0.1, 0.15) is 39.0 Å². The molecule has 0 bridgehead atoms. The molecule has 4 aromatic rings. The van der Waals surface area contributed by atoms with E-state index in [-0.39, 0.29) is 32.2 Å². The SMILES string of the molecule is Cc1ccc([C@H](C(=O)NCc2ccco2)N(Cc2ccc3c(c2)OCO3)C(=O)CNC(=O)c2ccco2)cc1. The highest BCUT2D eigenvalue weighted by molar-refractivity contribution is 5.95. The summed E-state index contributed by atoms with van der Waals surface area (Å²) < 4.78 is 21.4. The van der Waals surface area contributed by atoms with E-state index in [0.29, 0.717) is 22.8 Å². The topological polar surface area (TPSA) is 123 Å². The lowest BCUT2D eigenvalue weighted by molar-refractivity contribution is -0.141. The number of nitrogens with one attached hydrogen (secondary N) is 2. The summed E-state index contributed by atoms with van der Waals surface area (Å²) in [5, 5.41) is 5.46. The summed E-state index contributed by atoms with van der Waals surface area (Å²) in [4.78, 5) is 41.3. The first kappa shape index (κ1) is 25.7. The van der Waals surface area contributed by atoms with Gasteiger partial charge in [0, 0.05) is 6.54 Å². The normalized spacial score (nSPS) is 12.5. The monoisotopic (exact) mass is 529 g/mol. The lowest BCUT2D eigenvalue weighted by atomic mass is 10.0. The van der Waals surface area contributed by atoms with E-state index in [4.69, 9.17) is 18.3 Å². The van der Waals surface area contributed by atoms with Crippen molar-refractivity contribution in [2.75, 3.05) is 13.3 Å². The second kappa shape index (κ2) is 11.6. The van der Waals surface area contributed by atoms with Crippen molar-refractivity contribution in [3.63, 3.8) is 0 Å². The fourth-order valence-electron chi connectivity index (χ4n) is 4.22. The van der Waals surface area contributed by atoms with Crippen molar-refractivity contribution < 1.29 is 32.7 Å². The Morgan fingerprint density at radius 3 is 2.41 bits per heavy atom. The summed E-state index contributed by atoms with van der Waals surface area (Å²) in [6.07, 6.45) is 2.90. The Kier molecular flexibility index (Phi) is 7.63. The fraction of sp³-hybridized carbons (Fsp3) is 0.207. The Bertz CT molecular complexity index is 1430. The van der Waals surface area contributed by atoms with E-state index in [1.54, 1.807) is 30.3 Å². The van der Waals surface area contributed by atoms with Crippen molar-refractivity contribution in [3.05, 3.63) is 107 Å². The molecule has 0 radical (unpaired) electrons. The van der Waals surface area contributed by atoms with E-state index in [1.165, 1.54) is 23.5 Å². The Labute approximate surface area is 224 Å². The maximum atomic E-state index is 13.7. The molecule has 0 unspecified atom stereocenters. The zero-order valence-corrected chi connectivity index (χ0v) is 21.2. The second-order valence-corrected chi connectivity index (χ2v) is 8.98. The summed E-state index contributed by atoms with van der Waals surface area (Å²) >= 11 is 0. The van der Waals surface area contributed by atoms with E-state index in [1.807, 2.05) is 37.3 Å². The molecule has 200 valence electrons. The molecule has 2 N–H and O–H groups in total. The van der Waals surface area contributed by atoms with Gasteiger partial charge in [-0.1, -0.05) is 35.9 Å². The Morgan fingerprint density at radius 1 is 0.897 bits per heavy atom. The number of rotatable bonds is 10. The Hall–Kier alpha value is -4.99. The molecule has 3 heterocycles. The van der Waals surface area contributed by atoms with Crippen LogP contribution in [-0.2, 0) is 22.7 Å². The lowest BCUT2D eigenvalue weighted by Gasteiger charge is -2.32. The van der Waals surface area contributed by atoms with Gasteiger partial charge in [0.05, 0.1) is 25.6 Å². The van der Waals surface area contributed by atoms with Gasteiger partial charge in [0.25, 0.3) is 5.91 Å². The van der Waals surface area contributed by atoms with Crippen molar-refractivity contribution in [3.8, 4) is 11.5 Å². The summed E-state index contributed by atoms with van der Waals surface area (Å²) in [6.45, 7) is 1.92. The number of amides is 3. The van der Waals surface area contributed by atoms with Crippen molar-refractivity contribution in [2.24, 2.45) is 0 Å². The van der Waals surface area contributed by atoms with Gasteiger partial charge in [-0.3, -0.25) is 14.4 Å². The molecule has 0 saturated carbocycles. The zero-order chi connectivity index (χ0) is 27.2. The van der Waals surface area contributed by atoms with Gasteiger partial charge in [-0.2, -0.15) is 0 Å². The molecule has 2 aromatic heterocycles. The van der Waals surface area contributed by atoms with Crippen LogP contribution in [0.3, 0.4) is 0 Å². The van der Waals surface area contributed by atoms with Crippen LogP contribution >= 0.6 is 0 Å². The molecule has 10 heteroatoms. The van der Waals surface area contributed by atoms with Gasteiger partial charge in [0.2, 0.25) is 18.6 Å². The van der Waals surface area contributed by atoms with E-state index in [0.717, 1.165) is 11.1 Å². The minimum Gasteiger partial charge on any atom is -0.467 e. The molecular formula is C29H27N3O7. The van der Waals surface area contributed by atoms with Crippen LogP contribution in [0.2, 0.25) is 0 Å². The number of benzene rings is 2. The molecule has 0 fully saturated rings. The number of carbonyl (C=O) groups is 3. The van der Waals surface area contributed by atoms with Crippen LogP contribution in [-0.4, -0.2) is 36.0 Å². The number of fused-ring (bicyclic) bond motifs is 1. The molecule has 0 aliphatic carbocycles. The van der Waals surface area contributed by atoms with E-state index in [9.17, 15) is 14.4 Å².